The molecule has 17 heavy (non-hydrogen) atoms. The molecule has 0 N–H and O–H groups in total. The highest BCUT2D eigenvalue weighted by Gasteiger charge is 2.08. The van der Waals surface area contributed by atoms with Gasteiger partial charge in [0.2, 0.25) is 5.89 Å². The molecule has 2 aromatic heterocycles. The number of halogens is 1. The molecule has 3 rings (SSSR count). The smallest absolute Gasteiger partial charge is 0.284 e. The predicted molar refractivity (Wildman–Crippen MR) is 68.6 cm³/mol. The number of aromatic nitrogens is 1. The van der Waals surface area contributed by atoms with Crippen molar-refractivity contribution in [1.29, 1.82) is 0 Å². The Morgan fingerprint density at radius 3 is 2.94 bits per heavy atom. The lowest BCUT2D eigenvalue weighted by atomic mass is 10.2. The van der Waals surface area contributed by atoms with E-state index in [-0.39, 0.29) is 5.56 Å². The topological polar surface area (TPSA) is 43.1 Å². The van der Waals surface area contributed by atoms with E-state index in [9.17, 15) is 4.79 Å². The summed E-state index contributed by atoms with van der Waals surface area (Å²) in [6, 6.07) is 6.78. The van der Waals surface area contributed by atoms with Crippen LogP contribution in [0.15, 0.2) is 44.2 Å². The fourth-order valence-electron chi connectivity index (χ4n) is 1.55. The average molecular weight is 264 g/mol. The van der Waals surface area contributed by atoms with Gasteiger partial charge in [-0.3, -0.25) is 4.79 Å². The number of hydrogen-bond acceptors (Lipinski definition) is 4. The van der Waals surface area contributed by atoms with Crippen LogP contribution >= 0.6 is 22.9 Å². The number of thiophene rings is 1. The van der Waals surface area contributed by atoms with Crippen LogP contribution in [0.25, 0.3) is 22.4 Å². The molecule has 0 fully saturated rings. The molecule has 0 unspecified atom stereocenters. The molecule has 0 aliphatic carbocycles. The molecule has 3 aromatic rings. The summed E-state index contributed by atoms with van der Waals surface area (Å²) in [6.45, 7) is 0. The van der Waals surface area contributed by atoms with Gasteiger partial charge in [-0.25, -0.2) is 0 Å². The lowest BCUT2D eigenvalue weighted by Gasteiger charge is -1.99. The van der Waals surface area contributed by atoms with Crippen LogP contribution < -0.4 is 5.56 Å². The maximum absolute atomic E-state index is 11.8. The van der Waals surface area contributed by atoms with Gasteiger partial charge in [0.15, 0.2) is 0 Å². The molecule has 1 aromatic carbocycles. The number of hydrogen-bond donors (Lipinski definition) is 0. The summed E-state index contributed by atoms with van der Waals surface area (Å²) in [7, 11) is 0. The molecular formula is C12H6ClNO2S. The minimum Gasteiger partial charge on any atom is -0.437 e. The van der Waals surface area contributed by atoms with Crippen LogP contribution in [0.4, 0.5) is 0 Å². The van der Waals surface area contributed by atoms with Crippen LogP contribution in [0, 0.1) is 0 Å². The Morgan fingerprint density at radius 1 is 1.29 bits per heavy atom. The first-order valence-corrected chi connectivity index (χ1v) is 6.19. The summed E-state index contributed by atoms with van der Waals surface area (Å²) in [5.74, 6) is 0.339. The highest BCUT2D eigenvalue weighted by Crippen LogP contribution is 2.23. The van der Waals surface area contributed by atoms with E-state index < -0.39 is 0 Å². The molecule has 0 atom stereocenters. The van der Waals surface area contributed by atoms with E-state index in [1.54, 1.807) is 18.2 Å². The molecule has 0 aliphatic rings. The second-order valence-corrected chi connectivity index (χ2v) is 4.69. The molecule has 3 nitrogen and oxygen atoms in total. The molecule has 0 saturated heterocycles. The minimum absolute atomic E-state index is 0.324. The molecule has 84 valence electrons. The summed E-state index contributed by atoms with van der Waals surface area (Å²) in [6.07, 6.45) is 0. The third kappa shape index (κ3) is 1.85. The second-order valence-electron chi connectivity index (χ2n) is 3.48. The predicted octanol–water partition coefficient (Wildman–Crippen LogP) is 3.57. The van der Waals surface area contributed by atoms with E-state index in [2.05, 4.69) is 4.98 Å². The van der Waals surface area contributed by atoms with Gasteiger partial charge in [0.05, 0.1) is 5.39 Å². The second kappa shape index (κ2) is 3.98. The first kappa shape index (κ1) is 10.5. The number of fused-ring (bicyclic) bond motifs is 1. The van der Waals surface area contributed by atoms with E-state index in [1.165, 1.54) is 11.3 Å². The van der Waals surface area contributed by atoms with Crippen LogP contribution in [-0.2, 0) is 0 Å². The Bertz CT molecular complexity index is 734. The zero-order valence-corrected chi connectivity index (χ0v) is 10.1. The summed E-state index contributed by atoms with van der Waals surface area (Å²) in [4.78, 5) is 15.7. The minimum atomic E-state index is -0.324. The molecular weight excluding hydrogens is 258 g/mol. The summed E-state index contributed by atoms with van der Waals surface area (Å²) in [5, 5.41) is 4.68. The molecule has 5 heteroatoms. The summed E-state index contributed by atoms with van der Waals surface area (Å²) in [5.41, 5.74) is 0.981. The SMILES string of the molecule is O=c1nc(-c2ccsc2)oc2ccc(Cl)cc12. The van der Waals surface area contributed by atoms with E-state index in [4.69, 9.17) is 16.0 Å². The van der Waals surface area contributed by atoms with Crippen molar-refractivity contribution in [3.05, 3.63) is 50.4 Å². The van der Waals surface area contributed by atoms with Crippen LogP contribution in [-0.4, -0.2) is 4.98 Å². The first-order valence-electron chi connectivity index (χ1n) is 4.87. The van der Waals surface area contributed by atoms with Crippen molar-refractivity contribution >= 4 is 33.9 Å². The Labute approximate surface area is 105 Å². The van der Waals surface area contributed by atoms with Crippen LogP contribution in [0.3, 0.4) is 0 Å². The van der Waals surface area contributed by atoms with Crippen molar-refractivity contribution in [2.24, 2.45) is 0 Å². The monoisotopic (exact) mass is 263 g/mol. The Morgan fingerprint density at radius 2 is 2.18 bits per heavy atom. The summed E-state index contributed by atoms with van der Waals surface area (Å²) < 4.78 is 5.58. The highest BCUT2D eigenvalue weighted by molar-refractivity contribution is 7.08. The highest BCUT2D eigenvalue weighted by atomic mass is 35.5. The van der Waals surface area contributed by atoms with Crippen molar-refractivity contribution in [3.8, 4) is 11.5 Å². The zero-order chi connectivity index (χ0) is 11.8. The number of nitrogens with zero attached hydrogens (tertiary/aromatic N) is 1. The Hall–Kier alpha value is -1.65. The van der Waals surface area contributed by atoms with E-state index in [0.717, 1.165) is 5.56 Å². The van der Waals surface area contributed by atoms with Gasteiger partial charge in [0.25, 0.3) is 5.56 Å². The third-order valence-corrected chi connectivity index (χ3v) is 3.27. The molecule has 0 saturated carbocycles. The van der Waals surface area contributed by atoms with Gasteiger partial charge in [0, 0.05) is 16.0 Å². The van der Waals surface area contributed by atoms with Gasteiger partial charge in [0.1, 0.15) is 5.58 Å². The van der Waals surface area contributed by atoms with E-state index in [1.807, 2.05) is 16.8 Å². The van der Waals surface area contributed by atoms with Crippen molar-refractivity contribution in [2.45, 2.75) is 0 Å². The lowest BCUT2D eigenvalue weighted by Crippen LogP contribution is -2.06. The maximum atomic E-state index is 11.8. The van der Waals surface area contributed by atoms with Crippen LogP contribution in [0.1, 0.15) is 0 Å². The van der Waals surface area contributed by atoms with Crippen molar-refractivity contribution in [3.63, 3.8) is 0 Å². The molecule has 0 aliphatic heterocycles. The Balaban J connectivity index is 2.32. The van der Waals surface area contributed by atoms with Gasteiger partial charge >= 0.3 is 0 Å². The Kier molecular flexibility index (Phi) is 2.46. The van der Waals surface area contributed by atoms with Gasteiger partial charge in [-0.15, -0.1) is 0 Å². The number of benzene rings is 1. The standard InChI is InChI=1S/C12H6ClNO2S/c13-8-1-2-10-9(5-8)11(15)14-12(16-10)7-3-4-17-6-7/h1-6H. The third-order valence-electron chi connectivity index (χ3n) is 2.35. The van der Waals surface area contributed by atoms with Crippen molar-refractivity contribution in [2.75, 3.05) is 0 Å². The molecule has 0 radical (unpaired) electrons. The quantitative estimate of drug-likeness (QED) is 0.674. The first-order chi connectivity index (χ1) is 8.24. The van der Waals surface area contributed by atoms with E-state index >= 15 is 0 Å². The molecule has 0 amide bonds. The normalized spacial score (nSPS) is 10.9. The lowest BCUT2D eigenvalue weighted by molar-refractivity contribution is 0.595. The van der Waals surface area contributed by atoms with Crippen LogP contribution in [0.2, 0.25) is 5.02 Å². The maximum Gasteiger partial charge on any atom is 0.284 e. The average Bonchev–Trinajstić information content (AvgIpc) is 2.83. The van der Waals surface area contributed by atoms with Gasteiger partial charge in [-0.2, -0.15) is 16.3 Å². The van der Waals surface area contributed by atoms with Crippen molar-refractivity contribution < 1.29 is 4.42 Å². The van der Waals surface area contributed by atoms with Gasteiger partial charge in [-0.1, -0.05) is 11.6 Å². The van der Waals surface area contributed by atoms with Gasteiger partial charge in [-0.05, 0) is 29.6 Å². The fourth-order valence-corrected chi connectivity index (χ4v) is 2.35. The molecule has 2 heterocycles. The van der Waals surface area contributed by atoms with Crippen molar-refractivity contribution in [1.82, 2.24) is 4.98 Å². The zero-order valence-electron chi connectivity index (χ0n) is 8.51. The van der Waals surface area contributed by atoms with Crippen LogP contribution in [0.5, 0.6) is 0 Å². The van der Waals surface area contributed by atoms with Gasteiger partial charge < -0.3 is 4.42 Å². The summed E-state index contributed by atoms with van der Waals surface area (Å²) >= 11 is 7.35. The molecule has 0 bridgehead atoms. The largest absolute Gasteiger partial charge is 0.437 e. The number of rotatable bonds is 1. The molecule has 0 spiro atoms. The fraction of sp³-hybridized carbons (Fsp3) is 0. The van der Waals surface area contributed by atoms with E-state index in [0.29, 0.717) is 21.9 Å².